The molecule has 2 aliphatic carbocycles. The van der Waals surface area contributed by atoms with Crippen LogP contribution >= 0.6 is 0 Å². The first-order valence-corrected chi connectivity index (χ1v) is 6.90. The van der Waals surface area contributed by atoms with Crippen molar-refractivity contribution in [1.29, 1.82) is 0 Å². The summed E-state index contributed by atoms with van der Waals surface area (Å²) in [5.41, 5.74) is -0.755. The Kier molecular flexibility index (Phi) is 2.50. The smallest absolute Gasteiger partial charge is 0.319 e. The molecule has 1 spiro atoms. The molecule has 0 amide bonds. The van der Waals surface area contributed by atoms with Crippen molar-refractivity contribution in [2.75, 3.05) is 6.61 Å². The van der Waals surface area contributed by atoms with Crippen molar-refractivity contribution >= 4 is 11.8 Å². The predicted molar refractivity (Wildman–Crippen MR) is 68.2 cm³/mol. The summed E-state index contributed by atoms with van der Waals surface area (Å²) in [4.78, 5) is 24.4. The molecule has 4 heteroatoms. The Balaban J connectivity index is 2.12. The third-order valence-corrected chi connectivity index (χ3v) is 5.86. The first-order valence-electron chi connectivity index (χ1n) is 6.90. The SMILES string of the molecule is C=C1COC(=O)[C@]12C[C@@]1(C)[C@H](C(=O)CC[C@@H]1C)[C@H]2O. The van der Waals surface area contributed by atoms with Crippen molar-refractivity contribution in [3.63, 3.8) is 0 Å². The second-order valence-electron chi connectivity index (χ2n) is 6.66. The number of aliphatic hydroxyl groups is 1. The van der Waals surface area contributed by atoms with E-state index in [0.717, 1.165) is 6.42 Å². The fraction of sp³-hybridized carbons (Fsp3) is 0.733. The van der Waals surface area contributed by atoms with Crippen molar-refractivity contribution in [2.45, 2.75) is 39.2 Å². The van der Waals surface area contributed by atoms with Gasteiger partial charge in [-0.05, 0) is 29.7 Å². The number of hydrogen-bond donors (Lipinski definition) is 1. The topological polar surface area (TPSA) is 63.6 Å². The van der Waals surface area contributed by atoms with E-state index in [-0.39, 0.29) is 17.8 Å². The van der Waals surface area contributed by atoms with E-state index in [9.17, 15) is 14.7 Å². The van der Waals surface area contributed by atoms with E-state index in [2.05, 4.69) is 13.5 Å². The van der Waals surface area contributed by atoms with Crippen molar-refractivity contribution in [1.82, 2.24) is 0 Å². The molecular formula is C15H20O4. The summed E-state index contributed by atoms with van der Waals surface area (Å²) in [6, 6.07) is 0. The third-order valence-electron chi connectivity index (χ3n) is 5.86. The van der Waals surface area contributed by atoms with E-state index in [1.165, 1.54) is 0 Å². The molecule has 3 rings (SSSR count). The zero-order valence-electron chi connectivity index (χ0n) is 11.4. The zero-order chi connectivity index (χ0) is 14.0. The maximum Gasteiger partial charge on any atom is 0.319 e. The summed E-state index contributed by atoms with van der Waals surface area (Å²) < 4.78 is 5.09. The standard InChI is InChI=1S/C15H20O4/c1-8-4-5-10(16)11-12(17)15(7-14(8,11)3)9(2)6-19-13(15)18/h8,11-12,17H,2,4-7H2,1,3H3/t8-,11+,12+,14+,15+/m0/s1. The van der Waals surface area contributed by atoms with Crippen LogP contribution in [0.15, 0.2) is 12.2 Å². The molecule has 0 bridgehead atoms. The molecule has 1 saturated heterocycles. The lowest BCUT2D eigenvalue weighted by Gasteiger charge is -2.41. The highest BCUT2D eigenvalue weighted by atomic mass is 16.5. The van der Waals surface area contributed by atoms with Gasteiger partial charge in [0.2, 0.25) is 0 Å². The van der Waals surface area contributed by atoms with Gasteiger partial charge in [-0.3, -0.25) is 9.59 Å². The third kappa shape index (κ3) is 1.33. The number of esters is 1. The molecule has 0 aromatic carbocycles. The van der Waals surface area contributed by atoms with E-state index in [4.69, 9.17) is 4.74 Å². The summed E-state index contributed by atoms with van der Waals surface area (Å²) in [5, 5.41) is 10.7. The van der Waals surface area contributed by atoms with Crippen LogP contribution in [-0.2, 0) is 14.3 Å². The molecule has 5 atom stereocenters. The maximum absolute atomic E-state index is 12.2. The Labute approximate surface area is 112 Å². The first kappa shape index (κ1) is 12.9. The first-order chi connectivity index (χ1) is 8.84. The van der Waals surface area contributed by atoms with Gasteiger partial charge in [-0.2, -0.15) is 0 Å². The molecule has 0 radical (unpaired) electrons. The highest BCUT2D eigenvalue weighted by molar-refractivity contribution is 5.90. The molecule has 3 aliphatic rings. The van der Waals surface area contributed by atoms with Crippen molar-refractivity contribution < 1.29 is 19.4 Å². The summed E-state index contributed by atoms with van der Waals surface area (Å²) in [5.74, 6) is -0.470. The number of ketones is 1. The lowest BCUT2D eigenvalue weighted by molar-refractivity contribution is -0.150. The zero-order valence-corrected chi connectivity index (χ0v) is 11.4. The second kappa shape index (κ2) is 3.69. The number of Topliss-reactive ketones (excluding diaryl/α,β-unsaturated/α-hetero) is 1. The maximum atomic E-state index is 12.2. The minimum Gasteiger partial charge on any atom is -0.460 e. The van der Waals surface area contributed by atoms with Crippen LogP contribution in [-0.4, -0.2) is 29.6 Å². The van der Waals surface area contributed by atoms with Crippen LogP contribution in [0.1, 0.15) is 33.1 Å². The summed E-state index contributed by atoms with van der Waals surface area (Å²) in [7, 11) is 0. The quantitative estimate of drug-likeness (QED) is 0.531. The van der Waals surface area contributed by atoms with Crippen molar-refractivity contribution in [3.05, 3.63) is 12.2 Å². The molecule has 0 aromatic heterocycles. The predicted octanol–water partition coefficient (Wildman–Crippen LogP) is 1.47. The Morgan fingerprint density at radius 2 is 2.11 bits per heavy atom. The molecule has 19 heavy (non-hydrogen) atoms. The minimum absolute atomic E-state index is 0.0810. The number of carbonyl (C=O) groups excluding carboxylic acids is 2. The highest BCUT2D eigenvalue weighted by Crippen LogP contribution is 2.63. The van der Waals surface area contributed by atoms with Gasteiger partial charge in [0.15, 0.2) is 0 Å². The summed E-state index contributed by atoms with van der Waals surface area (Å²) >= 11 is 0. The van der Waals surface area contributed by atoms with Gasteiger partial charge in [0.1, 0.15) is 17.8 Å². The number of hydrogen-bond acceptors (Lipinski definition) is 4. The Bertz CT molecular complexity index is 465. The molecule has 1 N–H and O–H groups in total. The molecule has 1 aliphatic heterocycles. The fourth-order valence-corrected chi connectivity index (χ4v) is 4.41. The highest BCUT2D eigenvalue weighted by Gasteiger charge is 2.69. The average molecular weight is 264 g/mol. The van der Waals surface area contributed by atoms with E-state index >= 15 is 0 Å². The van der Waals surface area contributed by atoms with Gasteiger partial charge in [-0.1, -0.05) is 20.4 Å². The van der Waals surface area contributed by atoms with E-state index in [1.807, 2.05) is 6.92 Å². The molecule has 0 unspecified atom stereocenters. The number of carbonyl (C=O) groups is 2. The van der Waals surface area contributed by atoms with Crippen LogP contribution < -0.4 is 0 Å². The van der Waals surface area contributed by atoms with Gasteiger partial charge in [-0.25, -0.2) is 0 Å². The van der Waals surface area contributed by atoms with Crippen LogP contribution in [0.2, 0.25) is 0 Å². The number of rotatable bonds is 0. The van der Waals surface area contributed by atoms with Crippen molar-refractivity contribution in [3.8, 4) is 0 Å². The van der Waals surface area contributed by atoms with Crippen LogP contribution in [0.4, 0.5) is 0 Å². The number of ether oxygens (including phenoxy) is 1. The monoisotopic (exact) mass is 264 g/mol. The van der Waals surface area contributed by atoms with Crippen LogP contribution in [0.5, 0.6) is 0 Å². The van der Waals surface area contributed by atoms with E-state index < -0.39 is 23.4 Å². The van der Waals surface area contributed by atoms with Gasteiger partial charge in [0, 0.05) is 6.42 Å². The lowest BCUT2D eigenvalue weighted by atomic mass is 9.62. The summed E-state index contributed by atoms with van der Waals surface area (Å²) in [6.45, 7) is 8.21. The Hall–Kier alpha value is -1.16. The lowest BCUT2D eigenvalue weighted by Crippen LogP contribution is -2.44. The Morgan fingerprint density at radius 3 is 2.63 bits per heavy atom. The molecule has 0 aromatic rings. The van der Waals surface area contributed by atoms with Gasteiger partial charge in [0.05, 0.1) is 12.0 Å². The van der Waals surface area contributed by atoms with Crippen LogP contribution in [0.3, 0.4) is 0 Å². The molecule has 1 heterocycles. The second-order valence-corrected chi connectivity index (χ2v) is 6.66. The van der Waals surface area contributed by atoms with Gasteiger partial charge < -0.3 is 9.84 Å². The van der Waals surface area contributed by atoms with Gasteiger partial charge >= 0.3 is 5.97 Å². The van der Waals surface area contributed by atoms with Crippen LogP contribution in [0, 0.1) is 22.7 Å². The van der Waals surface area contributed by atoms with Crippen LogP contribution in [0.25, 0.3) is 0 Å². The minimum atomic E-state index is -1.05. The molecule has 104 valence electrons. The van der Waals surface area contributed by atoms with Gasteiger partial charge in [0.25, 0.3) is 0 Å². The molecule has 3 fully saturated rings. The van der Waals surface area contributed by atoms with Crippen molar-refractivity contribution in [2.24, 2.45) is 22.7 Å². The fourth-order valence-electron chi connectivity index (χ4n) is 4.41. The molecular weight excluding hydrogens is 244 g/mol. The molecule has 2 saturated carbocycles. The van der Waals surface area contributed by atoms with Gasteiger partial charge in [-0.15, -0.1) is 0 Å². The normalized spacial score (nSPS) is 49.6. The summed E-state index contributed by atoms with van der Waals surface area (Å²) in [6.07, 6.45) is 0.832. The molecule has 4 nitrogen and oxygen atoms in total. The largest absolute Gasteiger partial charge is 0.460 e. The van der Waals surface area contributed by atoms with E-state index in [1.54, 1.807) is 0 Å². The number of aliphatic hydroxyl groups excluding tert-OH is 1. The number of fused-ring (bicyclic) bond motifs is 1. The van der Waals surface area contributed by atoms with E-state index in [0.29, 0.717) is 24.3 Å². The average Bonchev–Trinajstić information content (AvgIpc) is 2.77. The number of cyclic esters (lactones) is 1. The Morgan fingerprint density at radius 1 is 1.42 bits per heavy atom.